The van der Waals surface area contributed by atoms with Crippen molar-refractivity contribution in [1.29, 1.82) is 0 Å². The van der Waals surface area contributed by atoms with Crippen molar-refractivity contribution in [2.45, 2.75) is 46.0 Å². The van der Waals surface area contributed by atoms with Crippen LogP contribution in [0.5, 0.6) is 0 Å². The van der Waals surface area contributed by atoms with Crippen molar-refractivity contribution in [2.75, 3.05) is 0 Å². The van der Waals surface area contributed by atoms with Crippen LogP contribution in [-0.4, -0.2) is 0 Å². The Morgan fingerprint density at radius 1 is 0.750 bits per heavy atom. The van der Waals surface area contributed by atoms with Crippen LogP contribution in [0.4, 0.5) is 0 Å². The molecule has 0 aromatic carbocycles. The summed E-state index contributed by atoms with van der Waals surface area (Å²) < 4.78 is 0. The summed E-state index contributed by atoms with van der Waals surface area (Å²) in [4.78, 5) is 0. The van der Waals surface area contributed by atoms with Gasteiger partial charge in [0.2, 0.25) is 0 Å². The average Bonchev–Trinajstić information content (AvgIpc) is 1.85. The first-order chi connectivity index (χ1) is 5.41. The molecule has 0 saturated carbocycles. The van der Waals surface area contributed by atoms with Gasteiger partial charge in [-0.15, -0.1) is 0 Å². The molecular formula is C7H16Cl4Ti. The fraction of sp³-hybridized carbons (Fsp3) is 1.00. The standard InChI is InChI=1S/C7H16.4ClH.Ti/c1-3-5-7-6-4-2;;;;;/h3-7H2,1-2H3;4*1H;/q;;;;;+4/p-4. The summed E-state index contributed by atoms with van der Waals surface area (Å²) in [5.74, 6) is 0. The van der Waals surface area contributed by atoms with Gasteiger partial charge in [0, 0.05) is 0 Å². The molecular weight excluding hydrogens is 274 g/mol. The summed E-state index contributed by atoms with van der Waals surface area (Å²) in [6, 6.07) is 0. The Kier molecular flexibility index (Phi) is 14.9. The second kappa shape index (κ2) is 11.0. The molecule has 0 saturated heterocycles. The van der Waals surface area contributed by atoms with E-state index in [1.807, 2.05) is 0 Å². The molecule has 0 spiro atoms. The molecule has 12 heavy (non-hydrogen) atoms. The maximum absolute atomic E-state index is 5.01. The van der Waals surface area contributed by atoms with Gasteiger partial charge in [0.05, 0.1) is 0 Å². The van der Waals surface area contributed by atoms with Gasteiger partial charge in [-0.2, -0.15) is 0 Å². The van der Waals surface area contributed by atoms with Crippen molar-refractivity contribution in [3.8, 4) is 0 Å². The Hall–Kier alpha value is 1.87. The molecule has 0 amide bonds. The van der Waals surface area contributed by atoms with E-state index in [2.05, 4.69) is 13.8 Å². The fourth-order valence-corrected chi connectivity index (χ4v) is 0.677. The molecule has 0 fully saturated rings. The van der Waals surface area contributed by atoms with Crippen molar-refractivity contribution in [3.63, 3.8) is 0 Å². The average molecular weight is 290 g/mol. The third-order valence-electron chi connectivity index (χ3n) is 1.21. The maximum atomic E-state index is 5.01. The Labute approximate surface area is 94.8 Å². The number of rotatable bonds is 4. The molecule has 5 heteroatoms. The first-order valence-corrected chi connectivity index (χ1v) is 12.8. The zero-order valence-electron chi connectivity index (χ0n) is 7.55. The zero-order valence-corrected chi connectivity index (χ0v) is 12.1. The summed E-state index contributed by atoms with van der Waals surface area (Å²) in [5, 5.41) is 0. The predicted molar refractivity (Wildman–Crippen MR) is 57.8 cm³/mol. The van der Waals surface area contributed by atoms with Crippen LogP contribution in [0.15, 0.2) is 0 Å². The summed E-state index contributed by atoms with van der Waals surface area (Å²) in [6.07, 6.45) is 7.01. The minimum absolute atomic E-state index is 1.36. The Bertz CT molecular complexity index is 72.0. The topological polar surface area (TPSA) is 0 Å². The molecule has 0 unspecified atom stereocenters. The van der Waals surface area contributed by atoms with E-state index in [9.17, 15) is 0 Å². The zero-order chi connectivity index (χ0) is 10.0. The van der Waals surface area contributed by atoms with Crippen molar-refractivity contribution >= 4 is 37.2 Å². The van der Waals surface area contributed by atoms with Crippen LogP contribution < -0.4 is 0 Å². The summed E-state index contributed by atoms with van der Waals surface area (Å²) in [7, 11) is 20.1. The third-order valence-corrected chi connectivity index (χ3v) is 1.21. The van der Waals surface area contributed by atoms with E-state index in [0.29, 0.717) is 0 Å². The monoisotopic (exact) mass is 288 g/mol. The van der Waals surface area contributed by atoms with Crippen LogP contribution in [0, 0.1) is 0 Å². The predicted octanol–water partition coefficient (Wildman–Crippen LogP) is 5.73. The van der Waals surface area contributed by atoms with E-state index in [0.717, 1.165) is 0 Å². The normalized spacial score (nSPS) is 10.5. The van der Waals surface area contributed by atoms with E-state index < -0.39 is 12.3 Å². The minimum atomic E-state index is -3.11. The molecule has 0 rings (SSSR count). The van der Waals surface area contributed by atoms with E-state index in [1.54, 1.807) is 0 Å². The molecule has 0 heterocycles. The summed E-state index contributed by atoms with van der Waals surface area (Å²) in [5.41, 5.74) is 0. The van der Waals surface area contributed by atoms with Crippen LogP contribution in [0.2, 0.25) is 0 Å². The van der Waals surface area contributed by atoms with Crippen molar-refractivity contribution in [2.24, 2.45) is 0 Å². The van der Waals surface area contributed by atoms with Crippen LogP contribution >= 0.6 is 37.2 Å². The summed E-state index contributed by atoms with van der Waals surface area (Å²) in [6.45, 7) is 4.49. The van der Waals surface area contributed by atoms with Crippen molar-refractivity contribution in [3.05, 3.63) is 0 Å². The molecule has 0 aromatic heterocycles. The molecule has 0 nitrogen and oxygen atoms in total. The van der Waals surface area contributed by atoms with Gasteiger partial charge in [-0.1, -0.05) is 46.0 Å². The van der Waals surface area contributed by atoms with E-state index >= 15 is 0 Å². The third kappa shape index (κ3) is 40.7. The van der Waals surface area contributed by atoms with Crippen molar-refractivity contribution in [1.82, 2.24) is 0 Å². The van der Waals surface area contributed by atoms with Crippen LogP contribution in [0.25, 0.3) is 0 Å². The van der Waals surface area contributed by atoms with Crippen LogP contribution in [0.3, 0.4) is 0 Å². The molecule has 0 N–H and O–H groups in total. The SMILES string of the molecule is CCCCCCC.[Cl][Ti]([Cl])([Cl])[Cl]. The number of halogens is 4. The fourth-order valence-electron chi connectivity index (χ4n) is 0.677. The quantitative estimate of drug-likeness (QED) is 0.458. The van der Waals surface area contributed by atoms with Crippen molar-refractivity contribution < 1.29 is 12.3 Å². The molecule has 0 aliphatic rings. The van der Waals surface area contributed by atoms with Gasteiger partial charge >= 0.3 is 49.6 Å². The van der Waals surface area contributed by atoms with Gasteiger partial charge in [-0.25, -0.2) is 0 Å². The number of hydrogen-bond acceptors (Lipinski definition) is 0. The van der Waals surface area contributed by atoms with Gasteiger partial charge in [0.15, 0.2) is 0 Å². The van der Waals surface area contributed by atoms with Gasteiger partial charge in [0.1, 0.15) is 0 Å². The number of unbranched alkanes of at least 4 members (excludes halogenated alkanes) is 4. The van der Waals surface area contributed by atoms with Crippen LogP contribution in [0.1, 0.15) is 46.0 Å². The molecule has 0 aliphatic carbocycles. The van der Waals surface area contributed by atoms with Gasteiger partial charge < -0.3 is 0 Å². The molecule has 0 aromatic rings. The second-order valence-corrected chi connectivity index (χ2v) is 18.0. The van der Waals surface area contributed by atoms with E-state index in [4.69, 9.17) is 37.2 Å². The summed E-state index contributed by atoms with van der Waals surface area (Å²) >= 11 is -3.11. The van der Waals surface area contributed by atoms with E-state index in [1.165, 1.54) is 32.1 Å². The molecule has 0 atom stereocenters. The Morgan fingerprint density at radius 3 is 1.17 bits per heavy atom. The van der Waals surface area contributed by atoms with Gasteiger partial charge in [-0.05, 0) is 0 Å². The molecule has 0 aliphatic heterocycles. The molecule has 0 bridgehead atoms. The number of hydrogen-bond donors (Lipinski definition) is 0. The first kappa shape index (κ1) is 16.3. The van der Waals surface area contributed by atoms with Gasteiger partial charge in [-0.3, -0.25) is 0 Å². The Balaban J connectivity index is 0. The van der Waals surface area contributed by atoms with Crippen LogP contribution in [-0.2, 0) is 12.3 Å². The second-order valence-electron chi connectivity index (χ2n) is 2.49. The molecule has 0 radical (unpaired) electrons. The Morgan fingerprint density at radius 2 is 1.00 bits per heavy atom. The first-order valence-electron chi connectivity index (χ1n) is 4.17. The van der Waals surface area contributed by atoms with E-state index in [-0.39, 0.29) is 0 Å². The molecule has 76 valence electrons. The van der Waals surface area contributed by atoms with Gasteiger partial charge in [0.25, 0.3) is 0 Å².